The molecule has 1 aliphatic heterocycles. The Morgan fingerprint density at radius 3 is 2.77 bits per heavy atom. The van der Waals surface area contributed by atoms with Crippen LogP contribution in [0.1, 0.15) is 34.7 Å². The van der Waals surface area contributed by atoms with Crippen molar-refractivity contribution >= 4 is 39.7 Å². The summed E-state index contributed by atoms with van der Waals surface area (Å²) in [4.78, 5) is 21.9. The summed E-state index contributed by atoms with van der Waals surface area (Å²) in [5, 5.41) is 7.69. The number of likely N-dealkylation sites (tertiary alicyclic amines) is 1. The second-order valence-electron chi connectivity index (χ2n) is 9.05. The first-order valence-electron chi connectivity index (χ1n) is 11.8. The number of primary amides is 1. The maximum atomic E-state index is 11.8. The Hall–Kier alpha value is -4.04. The van der Waals surface area contributed by atoms with Gasteiger partial charge in [0, 0.05) is 11.9 Å². The molecule has 1 atom stereocenters. The van der Waals surface area contributed by atoms with E-state index in [1.165, 1.54) is 18.4 Å². The van der Waals surface area contributed by atoms with Crippen LogP contribution in [-0.2, 0) is 0 Å². The maximum Gasteiger partial charge on any atom is 0.250 e. The first kappa shape index (κ1) is 22.7. The van der Waals surface area contributed by atoms with Crippen molar-refractivity contribution < 1.29 is 9.53 Å². The zero-order valence-electron chi connectivity index (χ0n) is 20.0. The molecule has 3 heterocycles. The predicted octanol–water partition coefficient (Wildman–Crippen LogP) is 4.97. The maximum absolute atomic E-state index is 11.8. The number of aromatic amines is 1. The summed E-state index contributed by atoms with van der Waals surface area (Å²) in [5.41, 5.74) is 10.4. The number of para-hydroxylation sites is 1. The highest BCUT2D eigenvalue weighted by atomic mass is 16.5. The molecular weight excluding hydrogens is 440 g/mol. The fourth-order valence-corrected chi connectivity index (χ4v) is 4.82. The average molecular weight is 471 g/mol. The number of aromatic nitrogens is 2. The van der Waals surface area contributed by atoms with E-state index in [1.54, 1.807) is 31.6 Å². The minimum absolute atomic E-state index is 0.423. The van der Waals surface area contributed by atoms with Crippen LogP contribution in [0.3, 0.4) is 0 Å². The number of benzene rings is 2. The Labute approximate surface area is 204 Å². The number of pyridine rings is 1. The number of fused-ring (bicyclic) bond motifs is 1. The number of amides is 1. The van der Waals surface area contributed by atoms with Gasteiger partial charge < -0.3 is 31.0 Å². The predicted molar refractivity (Wildman–Crippen MR) is 140 cm³/mol. The van der Waals surface area contributed by atoms with E-state index in [9.17, 15) is 4.79 Å². The van der Waals surface area contributed by atoms with Crippen molar-refractivity contribution in [1.82, 2.24) is 14.9 Å². The molecule has 0 saturated carbocycles. The van der Waals surface area contributed by atoms with Gasteiger partial charge in [-0.15, -0.1) is 0 Å². The molecule has 1 fully saturated rings. The van der Waals surface area contributed by atoms with Crippen molar-refractivity contribution in [2.45, 2.75) is 18.8 Å². The van der Waals surface area contributed by atoms with E-state index in [1.807, 2.05) is 18.2 Å². The fourth-order valence-electron chi connectivity index (χ4n) is 4.82. The number of ether oxygens (including phenoxy) is 1. The van der Waals surface area contributed by atoms with Crippen LogP contribution in [0.25, 0.3) is 10.9 Å². The van der Waals surface area contributed by atoms with Gasteiger partial charge in [0.05, 0.1) is 47.6 Å². The van der Waals surface area contributed by atoms with E-state index >= 15 is 0 Å². The average Bonchev–Trinajstić information content (AvgIpc) is 3.28. The van der Waals surface area contributed by atoms with Crippen molar-refractivity contribution in [1.29, 1.82) is 0 Å². The molecule has 1 amide bonds. The lowest BCUT2D eigenvalue weighted by Crippen LogP contribution is -2.30. The molecule has 8 nitrogen and oxygen atoms in total. The van der Waals surface area contributed by atoms with Gasteiger partial charge >= 0.3 is 0 Å². The number of likely N-dealkylation sites (N-methyl/N-ethyl adjacent to an activating group) is 1. The van der Waals surface area contributed by atoms with Crippen LogP contribution in [0.4, 0.5) is 22.9 Å². The number of methoxy groups -OCH3 is 1. The highest BCUT2D eigenvalue weighted by Gasteiger charge is 2.20. The molecule has 0 spiro atoms. The van der Waals surface area contributed by atoms with Crippen molar-refractivity contribution in [3.05, 3.63) is 72.1 Å². The first-order valence-corrected chi connectivity index (χ1v) is 11.8. The van der Waals surface area contributed by atoms with Gasteiger partial charge in [-0.1, -0.05) is 18.2 Å². The SMILES string of the molecule is COc1cc(C2CCCN(C)C2)ccc1Nc1cc2c(Nc3ccccc3C(N)=O)cncc2[nH]1. The van der Waals surface area contributed by atoms with E-state index < -0.39 is 5.91 Å². The molecular formula is C27H30N6O2. The van der Waals surface area contributed by atoms with E-state index in [4.69, 9.17) is 10.5 Å². The molecule has 1 unspecified atom stereocenters. The number of rotatable bonds is 7. The lowest BCUT2D eigenvalue weighted by atomic mass is 9.90. The van der Waals surface area contributed by atoms with Crippen LogP contribution < -0.4 is 21.1 Å². The summed E-state index contributed by atoms with van der Waals surface area (Å²) in [5.74, 6) is 1.65. The molecule has 180 valence electrons. The summed E-state index contributed by atoms with van der Waals surface area (Å²) in [6.45, 7) is 2.23. The van der Waals surface area contributed by atoms with Crippen LogP contribution in [-0.4, -0.2) is 48.0 Å². The summed E-state index contributed by atoms with van der Waals surface area (Å²) in [6, 6.07) is 15.6. The van der Waals surface area contributed by atoms with Crippen molar-refractivity contribution in [2.24, 2.45) is 5.73 Å². The highest BCUT2D eigenvalue weighted by Crippen LogP contribution is 2.36. The Balaban J connectivity index is 1.41. The third-order valence-electron chi connectivity index (χ3n) is 6.60. The minimum atomic E-state index is -0.486. The molecule has 0 bridgehead atoms. The van der Waals surface area contributed by atoms with Gasteiger partial charge in [-0.3, -0.25) is 9.78 Å². The standard InChI is InChI=1S/C27H30N6O2/c1-33-11-5-6-18(16-33)17-9-10-22(25(12-17)35-2)31-26-13-20-23(14-29-15-24(20)32-26)30-21-8-4-3-7-19(21)27(28)34/h3-4,7-10,12-15,18,30-32H,5-6,11,16H2,1-2H3,(H2,28,34). The Bertz CT molecular complexity index is 1370. The number of carbonyl (C=O) groups is 1. The third-order valence-corrected chi connectivity index (χ3v) is 6.60. The molecule has 5 N–H and O–H groups in total. The van der Waals surface area contributed by atoms with E-state index in [-0.39, 0.29) is 0 Å². The van der Waals surface area contributed by atoms with E-state index in [0.717, 1.165) is 46.9 Å². The summed E-state index contributed by atoms with van der Waals surface area (Å²) < 4.78 is 5.73. The zero-order valence-corrected chi connectivity index (χ0v) is 20.0. The Morgan fingerprint density at radius 2 is 1.97 bits per heavy atom. The molecule has 8 heteroatoms. The molecule has 35 heavy (non-hydrogen) atoms. The minimum Gasteiger partial charge on any atom is -0.495 e. The summed E-state index contributed by atoms with van der Waals surface area (Å²) in [6.07, 6.45) is 5.91. The molecule has 0 radical (unpaired) electrons. The van der Waals surface area contributed by atoms with Gasteiger partial charge in [0.15, 0.2) is 0 Å². The van der Waals surface area contributed by atoms with Crippen LogP contribution in [0.5, 0.6) is 5.75 Å². The number of carbonyl (C=O) groups excluding carboxylic acids is 1. The number of hydrogen-bond acceptors (Lipinski definition) is 6. The van der Waals surface area contributed by atoms with Crippen molar-refractivity contribution in [3.8, 4) is 5.75 Å². The summed E-state index contributed by atoms with van der Waals surface area (Å²) in [7, 11) is 3.88. The monoisotopic (exact) mass is 470 g/mol. The highest BCUT2D eigenvalue weighted by molar-refractivity contribution is 6.01. The lowest BCUT2D eigenvalue weighted by molar-refractivity contribution is 0.100. The van der Waals surface area contributed by atoms with Crippen LogP contribution in [0, 0.1) is 0 Å². The number of nitrogens with two attached hydrogens (primary N) is 1. The van der Waals surface area contributed by atoms with Crippen LogP contribution in [0.15, 0.2) is 60.9 Å². The van der Waals surface area contributed by atoms with Gasteiger partial charge in [-0.05, 0) is 68.2 Å². The summed E-state index contributed by atoms with van der Waals surface area (Å²) >= 11 is 0. The number of anilines is 4. The van der Waals surface area contributed by atoms with Gasteiger partial charge in [-0.2, -0.15) is 0 Å². The van der Waals surface area contributed by atoms with Crippen molar-refractivity contribution in [2.75, 3.05) is 37.9 Å². The number of piperidine rings is 1. The number of H-pyrrole nitrogens is 1. The lowest BCUT2D eigenvalue weighted by Gasteiger charge is -2.30. The van der Waals surface area contributed by atoms with E-state index in [0.29, 0.717) is 17.2 Å². The van der Waals surface area contributed by atoms with Crippen LogP contribution >= 0.6 is 0 Å². The Kier molecular flexibility index (Phi) is 6.29. The van der Waals surface area contributed by atoms with Crippen LogP contribution in [0.2, 0.25) is 0 Å². The second kappa shape index (κ2) is 9.68. The quantitative estimate of drug-likeness (QED) is 0.304. The van der Waals surface area contributed by atoms with Crippen molar-refractivity contribution in [3.63, 3.8) is 0 Å². The topological polar surface area (TPSA) is 108 Å². The Morgan fingerprint density at radius 1 is 1.11 bits per heavy atom. The molecule has 0 aliphatic carbocycles. The molecule has 1 aliphatic rings. The van der Waals surface area contributed by atoms with Gasteiger partial charge in [0.1, 0.15) is 11.6 Å². The van der Waals surface area contributed by atoms with Gasteiger partial charge in [-0.25, -0.2) is 0 Å². The molecule has 2 aromatic carbocycles. The largest absolute Gasteiger partial charge is 0.495 e. The molecule has 4 aromatic rings. The smallest absolute Gasteiger partial charge is 0.250 e. The van der Waals surface area contributed by atoms with E-state index in [2.05, 4.69) is 50.7 Å². The number of nitrogens with zero attached hydrogens (tertiary/aromatic N) is 2. The molecule has 5 rings (SSSR count). The zero-order chi connectivity index (χ0) is 24.4. The second-order valence-corrected chi connectivity index (χ2v) is 9.05. The molecule has 1 saturated heterocycles. The fraction of sp³-hybridized carbons (Fsp3) is 0.259. The number of nitrogens with one attached hydrogen (secondary N) is 3. The number of hydrogen-bond donors (Lipinski definition) is 4. The normalized spacial score (nSPS) is 16.2. The third kappa shape index (κ3) is 4.79. The molecule has 2 aromatic heterocycles. The van der Waals surface area contributed by atoms with Gasteiger partial charge in [0.2, 0.25) is 0 Å². The first-order chi connectivity index (χ1) is 17.0. The van der Waals surface area contributed by atoms with Gasteiger partial charge in [0.25, 0.3) is 5.91 Å².